The summed E-state index contributed by atoms with van der Waals surface area (Å²) in [7, 11) is 0. The summed E-state index contributed by atoms with van der Waals surface area (Å²) in [4.78, 5) is 15.8. The van der Waals surface area contributed by atoms with Crippen LogP contribution in [-0.4, -0.2) is 22.6 Å². The number of aliphatic hydroxyl groups is 1. The van der Waals surface area contributed by atoms with Crippen molar-refractivity contribution in [2.24, 2.45) is 0 Å². The van der Waals surface area contributed by atoms with Gasteiger partial charge in [0.15, 0.2) is 0 Å². The number of pyridine rings is 1. The van der Waals surface area contributed by atoms with Gasteiger partial charge in [-0.3, -0.25) is 9.78 Å². The number of carbonyl (C=O) groups excluding carboxylic acids is 1. The van der Waals surface area contributed by atoms with Gasteiger partial charge in [-0.05, 0) is 42.7 Å². The van der Waals surface area contributed by atoms with Gasteiger partial charge in [-0.15, -0.1) is 0 Å². The van der Waals surface area contributed by atoms with Crippen molar-refractivity contribution in [2.75, 3.05) is 11.9 Å². The second kappa shape index (κ2) is 6.66. The van der Waals surface area contributed by atoms with Gasteiger partial charge in [-0.2, -0.15) is 0 Å². The Balaban J connectivity index is 2.05. The molecule has 98 valence electrons. The molecule has 1 aromatic carbocycles. The fraction of sp³-hybridized carbons (Fsp3) is 0.200. The van der Waals surface area contributed by atoms with Gasteiger partial charge in [-0.25, -0.2) is 0 Å². The molecule has 0 unspecified atom stereocenters. The molecule has 0 bridgehead atoms. The van der Waals surface area contributed by atoms with Crippen molar-refractivity contribution in [1.29, 1.82) is 0 Å². The molecule has 0 radical (unpaired) electrons. The Kier molecular flexibility index (Phi) is 4.64. The lowest BCUT2D eigenvalue weighted by molar-refractivity contribution is 0.102. The first kappa shape index (κ1) is 13.2. The lowest BCUT2D eigenvalue weighted by Gasteiger charge is -2.07. The minimum Gasteiger partial charge on any atom is -0.396 e. The van der Waals surface area contributed by atoms with Crippen LogP contribution < -0.4 is 5.32 Å². The highest BCUT2D eigenvalue weighted by molar-refractivity contribution is 6.04. The lowest BCUT2D eigenvalue weighted by Crippen LogP contribution is -2.11. The Bertz CT molecular complexity index is 541. The van der Waals surface area contributed by atoms with E-state index >= 15 is 0 Å². The predicted octanol–water partition coefficient (Wildman–Crippen LogP) is 2.26. The van der Waals surface area contributed by atoms with Gasteiger partial charge in [0.05, 0.1) is 0 Å². The number of aryl methyl sites for hydroxylation is 1. The SMILES string of the molecule is O=C(Nc1cccc(CCCO)c1)c1ccncc1. The van der Waals surface area contributed by atoms with E-state index < -0.39 is 0 Å². The number of anilines is 1. The normalized spacial score (nSPS) is 10.2. The minimum atomic E-state index is -0.151. The van der Waals surface area contributed by atoms with E-state index in [-0.39, 0.29) is 12.5 Å². The van der Waals surface area contributed by atoms with Crippen LogP contribution in [0.25, 0.3) is 0 Å². The highest BCUT2D eigenvalue weighted by atomic mass is 16.2. The Morgan fingerprint density at radius 2 is 2.00 bits per heavy atom. The molecule has 4 nitrogen and oxygen atoms in total. The summed E-state index contributed by atoms with van der Waals surface area (Å²) in [5.74, 6) is -0.151. The standard InChI is InChI=1S/C15H16N2O2/c18-10-2-4-12-3-1-5-14(11-12)17-15(19)13-6-8-16-9-7-13/h1,3,5-9,11,18H,2,4,10H2,(H,17,19). The van der Waals surface area contributed by atoms with E-state index in [1.807, 2.05) is 24.3 Å². The number of nitrogens with zero attached hydrogens (tertiary/aromatic N) is 1. The molecule has 1 heterocycles. The summed E-state index contributed by atoms with van der Waals surface area (Å²) < 4.78 is 0. The number of hydrogen-bond acceptors (Lipinski definition) is 3. The summed E-state index contributed by atoms with van der Waals surface area (Å²) >= 11 is 0. The van der Waals surface area contributed by atoms with Crippen molar-refractivity contribution in [2.45, 2.75) is 12.8 Å². The maximum absolute atomic E-state index is 12.0. The third-order valence-electron chi connectivity index (χ3n) is 2.75. The van der Waals surface area contributed by atoms with Crippen molar-refractivity contribution in [3.8, 4) is 0 Å². The van der Waals surface area contributed by atoms with Gasteiger partial charge in [0, 0.05) is 30.3 Å². The van der Waals surface area contributed by atoms with Crippen LogP contribution in [0, 0.1) is 0 Å². The third kappa shape index (κ3) is 3.89. The van der Waals surface area contributed by atoms with Crippen molar-refractivity contribution in [3.63, 3.8) is 0 Å². The monoisotopic (exact) mass is 256 g/mol. The van der Waals surface area contributed by atoms with Crippen LogP contribution in [0.2, 0.25) is 0 Å². The maximum atomic E-state index is 12.0. The number of benzene rings is 1. The second-order valence-corrected chi connectivity index (χ2v) is 4.22. The summed E-state index contributed by atoms with van der Waals surface area (Å²) in [6, 6.07) is 11.0. The Morgan fingerprint density at radius 1 is 1.21 bits per heavy atom. The molecule has 2 N–H and O–H groups in total. The van der Waals surface area contributed by atoms with Gasteiger partial charge in [0.2, 0.25) is 0 Å². The number of aromatic nitrogens is 1. The minimum absolute atomic E-state index is 0.151. The highest BCUT2D eigenvalue weighted by Gasteiger charge is 2.05. The lowest BCUT2D eigenvalue weighted by atomic mass is 10.1. The van der Waals surface area contributed by atoms with E-state index in [4.69, 9.17) is 5.11 Å². The average Bonchev–Trinajstić information content (AvgIpc) is 2.46. The summed E-state index contributed by atoms with van der Waals surface area (Å²) in [5, 5.41) is 11.7. The number of carbonyl (C=O) groups is 1. The first-order chi connectivity index (χ1) is 9.29. The molecule has 0 saturated carbocycles. The van der Waals surface area contributed by atoms with E-state index in [9.17, 15) is 4.79 Å². The third-order valence-corrected chi connectivity index (χ3v) is 2.75. The molecule has 0 fully saturated rings. The molecule has 0 aliphatic carbocycles. The van der Waals surface area contributed by atoms with E-state index in [2.05, 4.69) is 10.3 Å². The molecule has 0 atom stereocenters. The van der Waals surface area contributed by atoms with E-state index in [1.165, 1.54) is 0 Å². The summed E-state index contributed by atoms with van der Waals surface area (Å²) in [6.45, 7) is 0.174. The molecule has 1 aromatic heterocycles. The fourth-order valence-electron chi connectivity index (χ4n) is 1.79. The van der Waals surface area contributed by atoms with Gasteiger partial charge in [-0.1, -0.05) is 12.1 Å². The number of aliphatic hydroxyl groups excluding tert-OH is 1. The Labute approximate surface area is 112 Å². The Hall–Kier alpha value is -2.20. The molecule has 0 aliphatic rings. The molecular formula is C15H16N2O2. The molecular weight excluding hydrogens is 240 g/mol. The zero-order valence-corrected chi connectivity index (χ0v) is 10.5. The predicted molar refractivity (Wildman–Crippen MR) is 74.0 cm³/mol. The zero-order valence-electron chi connectivity index (χ0n) is 10.5. The van der Waals surface area contributed by atoms with Crippen molar-refractivity contribution in [3.05, 3.63) is 59.9 Å². The fourth-order valence-corrected chi connectivity index (χ4v) is 1.79. The number of nitrogens with one attached hydrogen (secondary N) is 1. The zero-order chi connectivity index (χ0) is 13.5. The van der Waals surface area contributed by atoms with Gasteiger partial charge >= 0.3 is 0 Å². The average molecular weight is 256 g/mol. The van der Waals surface area contributed by atoms with Crippen molar-refractivity contribution in [1.82, 2.24) is 4.98 Å². The number of hydrogen-bond donors (Lipinski definition) is 2. The van der Waals surface area contributed by atoms with Crippen LogP contribution in [0.5, 0.6) is 0 Å². The van der Waals surface area contributed by atoms with Crippen LogP contribution in [-0.2, 0) is 6.42 Å². The molecule has 0 spiro atoms. The van der Waals surface area contributed by atoms with E-state index in [0.29, 0.717) is 5.56 Å². The largest absolute Gasteiger partial charge is 0.396 e. The van der Waals surface area contributed by atoms with Gasteiger partial charge in [0.1, 0.15) is 0 Å². The maximum Gasteiger partial charge on any atom is 0.255 e. The molecule has 0 aliphatic heterocycles. The molecule has 4 heteroatoms. The number of amides is 1. The second-order valence-electron chi connectivity index (χ2n) is 4.22. The molecule has 0 saturated heterocycles. The molecule has 2 rings (SSSR count). The van der Waals surface area contributed by atoms with Gasteiger partial charge < -0.3 is 10.4 Å². The van der Waals surface area contributed by atoms with Crippen LogP contribution in [0.15, 0.2) is 48.8 Å². The van der Waals surface area contributed by atoms with Gasteiger partial charge in [0.25, 0.3) is 5.91 Å². The molecule has 19 heavy (non-hydrogen) atoms. The van der Waals surface area contributed by atoms with Crippen molar-refractivity contribution >= 4 is 11.6 Å². The smallest absolute Gasteiger partial charge is 0.255 e. The first-order valence-electron chi connectivity index (χ1n) is 6.21. The Morgan fingerprint density at radius 3 is 2.74 bits per heavy atom. The first-order valence-corrected chi connectivity index (χ1v) is 6.21. The molecule has 2 aromatic rings. The van der Waals surface area contributed by atoms with E-state index in [1.54, 1.807) is 24.5 Å². The summed E-state index contributed by atoms with van der Waals surface area (Å²) in [5.41, 5.74) is 2.44. The van der Waals surface area contributed by atoms with Crippen LogP contribution >= 0.6 is 0 Å². The quantitative estimate of drug-likeness (QED) is 0.862. The van der Waals surface area contributed by atoms with Crippen LogP contribution in [0.3, 0.4) is 0 Å². The van der Waals surface area contributed by atoms with Crippen LogP contribution in [0.4, 0.5) is 5.69 Å². The molecule has 1 amide bonds. The van der Waals surface area contributed by atoms with Crippen LogP contribution in [0.1, 0.15) is 22.3 Å². The number of rotatable bonds is 5. The van der Waals surface area contributed by atoms with E-state index in [0.717, 1.165) is 24.1 Å². The highest BCUT2D eigenvalue weighted by Crippen LogP contribution is 2.13. The summed E-state index contributed by atoms with van der Waals surface area (Å²) in [6.07, 6.45) is 4.70. The topological polar surface area (TPSA) is 62.2 Å². The van der Waals surface area contributed by atoms with Crippen molar-refractivity contribution < 1.29 is 9.90 Å².